The maximum absolute atomic E-state index is 5.55. The lowest BCUT2D eigenvalue weighted by atomic mass is 9.87. The second-order valence-electron chi connectivity index (χ2n) is 9.23. The predicted molar refractivity (Wildman–Crippen MR) is 94.1 cm³/mol. The Labute approximate surface area is 141 Å². The minimum Gasteiger partial charge on any atom is -0.495 e. The molecule has 128 valence electrons. The standard InChI is InChI=1S/C20H32N2O/c1-19(2,21-10-15-6-5-7-16(15)11-21)8-9-20(3,4)22-12-17-14-23-18(17)13-22/h13,17H,5-12,14H2,1-4H3. The molecule has 3 aliphatic heterocycles. The van der Waals surface area contributed by atoms with Crippen LogP contribution in [0.3, 0.4) is 0 Å². The van der Waals surface area contributed by atoms with Gasteiger partial charge < -0.3 is 9.64 Å². The summed E-state index contributed by atoms with van der Waals surface area (Å²) in [5, 5.41) is 0. The van der Waals surface area contributed by atoms with E-state index in [0.29, 0.717) is 11.5 Å². The van der Waals surface area contributed by atoms with Crippen molar-refractivity contribution < 1.29 is 4.74 Å². The Morgan fingerprint density at radius 2 is 1.70 bits per heavy atom. The molecule has 0 aromatic heterocycles. The zero-order valence-electron chi connectivity index (χ0n) is 15.3. The molecule has 4 rings (SSSR count). The number of likely N-dealkylation sites (tertiary alicyclic amines) is 1. The zero-order valence-corrected chi connectivity index (χ0v) is 15.3. The number of rotatable bonds is 5. The van der Waals surface area contributed by atoms with E-state index in [0.717, 1.165) is 13.2 Å². The van der Waals surface area contributed by atoms with Gasteiger partial charge in [-0.15, -0.1) is 0 Å². The highest BCUT2D eigenvalue weighted by molar-refractivity contribution is 5.28. The first-order valence-corrected chi connectivity index (χ1v) is 9.41. The molecule has 1 saturated heterocycles. The second kappa shape index (κ2) is 5.27. The fraction of sp³-hybridized carbons (Fsp3) is 0.800. The molecular formula is C20H32N2O. The first-order valence-electron chi connectivity index (χ1n) is 9.41. The highest BCUT2D eigenvalue weighted by atomic mass is 16.5. The first kappa shape index (κ1) is 15.6. The fourth-order valence-corrected chi connectivity index (χ4v) is 4.56. The fourth-order valence-electron chi connectivity index (χ4n) is 4.56. The zero-order chi connectivity index (χ0) is 16.2. The minimum absolute atomic E-state index is 0.223. The third kappa shape index (κ3) is 2.71. The third-order valence-electron chi connectivity index (χ3n) is 6.76. The van der Waals surface area contributed by atoms with E-state index in [1.807, 2.05) is 0 Å². The molecule has 4 aliphatic rings. The summed E-state index contributed by atoms with van der Waals surface area (Å²) in [7, 11) is 0. The quantitative estimate of drug-likeness (QED) is 0.715. The number of fused-ring (bicyclic) bond motifs is 1. The number of hydrogen-bond donors (Lipinski definition) is 0. The highest BCUT2D eigenvalue weighted by Gasteiger charge is 2.41. The van der Waals surface area contributed by atoms with Gasteiger partial charge in [0.25, 0.3) is 0 Å². The van der Waals surface area contributed by atoms with Gasteiger partial charge in [0, 0.05) is 36.9 Å². The molecule has 3 nitrogen and oxygen atoms in total. The Morgan fingerprint density at radius 3 is 2.22 bits per heavy atom. The van der Waals surface area contributed by atoms with E-state index in [4.69, 9.17) is 4.74 Å². The summed E-state index contributed by atoms with van der Waals surface area (Å²) in [5.74, 6) is 1.89. The molecule has 0 radical (unpaired) electrons. The molecule has 0 amide bonds. The summed E-state index contributed by atoms with van der Waals surface area (Å²) in [4.78, 5) is 5.25. The Balaban J connectivity index is 1.34. The molecule has 1 aliphatic carbocycles. The molecule has 0 aromatic rings. The number of ether oxygens (including phenoxy) is 1. The van der Waals surface area contributed by atoms with E-state index in [9.17, 15) is 0 Å². The molecule has 3 heteroatoms. The van der Waals surface area contributed by atoms with Crippen molar-refractivity contribution in [1.29, 1.82) is 0 Å². The summed E-state index contributed by atoms with van der Waals surface area (Å²) < 4.78 is 5.55. The molecule has 1 atom stereocenters. The van der Waals surface area contributed by atoms with Crippen molar-refractivity contribution in [3.05, 3.63) is 23.1 Å². The van der Waals surface area contributed by atoms with E-state index in [-0.39, 0.29) is 5.54 Å². The van der Waals surface area contributed by atoms with Crippen LogP contribution in [0, 0.1) is 5.92 Å². The van der Waals surface area contributed by atoms with E-state index < -0.39 is 0 Å². The van der Waals surface area contributed by atoms with Gasteiger partial charge in [0.15, 0.2) is 0 Å². The molecular weight excluding hydrogens is 284 g/mol. The summed E-state index contributed by atoms with van der Waals surface area (Å²) in [6, 6.07) is 0. The molecule has 1 unspecified atom stereocenters. The Bertz CT molecular complexity index is 542. The van der Waals surface area contributed by atoms with Crippen molar-refractivity contribution in [3.63, 3.8) is 0 Å². The third-order valence-corrected chi connectivity index (χ3v) is 6.76. The van der Waals surface area contributed by atoms with Crippen LogP contribution in [0.25, 0.3) is 0 Å². The van der Waals surface area contributed by atoms with Gasteiger partial charge in [-0.25, -0.2) is 0 Å². The first-order chi connectivity index (χ1) is 10.9. The van der Waals surface area contributed by atoms with Gasteiger partial charge in [-0.2, -0.15) is 0 Å². The molecule has 3 heterocycles. The van der Waals surface area contributed by atoms with Crippen LogP contribution in [0.2, 0.25) is 0 Å². The smallest absolute Gasteiger partial charge is 0.120 e. The van der Waals surface area contributed by atoms with E-state index >= 15 is 0 Å². The molecule has 0 aromatic carbocycles. The van der Waals surface area contributed by atoms with Gasteiger partial charge >= 0.3 is 0 Å². The van der Waals surface area contributed by atoms with Crippen molar-refractivity contribution in [3.8, 4) is 0 Å². The van der Waals surface area contributed by atoms with Gasteiger partial charge in [0.05, 0.1) is 12.5 Å². The van der Waals surface area contributed by atoms with E-state index in [2.05, 4.69) is 43.7 Å². The van der Waals surface area contributed by atoms with Crippen molar-refractivity contribution in [2.75, 3.05) is 26.2 Å². The number of hydrogen-bond acceptors (Lipinski definition) is 3. The highest BCUT2D eigenvalue weighted by Crippen LogP contribution is 2.40. The van der Waals surface area contributed by atoms with Crippen molar-refractivity contribution in [2.45, 2.75) is 70.9 Å². The van der Waals surface area contributed by atoms with Crippen LogP contribution in [0.4, 0.5) is 0 Å². The molecule has 0 N–H and O–H groups in total. The topological polar surface area (TPSA) is 15.7 Å². The van der Waals surface area contributed by atoms with Gasteiger partial charge in [-0.05, 0) is 59.8 Å². The van der Waals surface area contributed by atoms with Gasteiger partial charge in [0.1, 0.15) is 5.76 Å². The SMILES string of the molecule is CC(C)(CCC(C)(C)N1CC2=C(CCC2)C1)N1C=C2OCC2C1. The average Bonchev–Trinajstić information content (AvgIpc) is 3.11. The van der Waals surface area contributed by atoms with Gasteiger partial charge in [-0.1, -0.05) is 11.1 Å². The monoisotopic (exact) mass is 316 g/mol. The molecule has 0 spiro atoms. The molecule has 1 fully saturated rings. The normalized spacial score (nSPS) is 27.7. The van der Waals surface area contributed by atoms with E-state index in [1.165, 1.54) is 51.0 Å². The van der Waals surface area contributed by atoms with Crippen LogP contribution in [0.5, 0.6) is 0 Å². The predicted octanol–water partition coefficient (Wildman–Crippen LogP) is 3.92. The Hall–Kier alpha value is -0.960. The minimum atomic E-state index is 0.223. The van der Waals surface area contributed by atoms with Crippen molar-refractivity contribution >= 4 is 0 Å². The summed E-state index contributed by atoms with van der Waals surface area (Å²) in [5.41, 5.74) is 4.04. The molecule has 0 bridgehead atoms. The second-order valence-corrected chi connectivity index (χ2v) is 9.23. The van der Waals surface area contributed by atoms with Crippen LogP contribution in [-0.2, 0) is 4.74 Å². The van der Waals surface area contributed by atoms with Gasteiger partial charge in [-0.3, -0.25) is 4.90 Å². The molecule has 0 saturated carbocycles. The lowest BCUT2D eigenvalue weighted by Gasteiger charge is -2.42. The average molecular weight is 316 g/mol. The van der Waals surface area contributed by atoms with Crippen LogP contribution in [0.1, 0.15) is 59.8 Å². The van der Waals surface area contributed by atoms with E-state index in [1.54, 1.807) is 11.1 Å². The maximum Gasteiger partial charge on any atom is 0.120 e. The summed E-state index contributed by atoms with van der Waals surface area (Å²) in [6.45, 7) is 14.2. The van der Waals surface area contributed by atoms with Crippen molar-refractivity contribution in [2.24, 2.45) is 5.92 Å². The lowest BCUT2D eigenvalue weighted by Crippen LogP contribution is -2.47. The van der Waals surface area contributed by atoms with Crippen LogP contribution in [0.15, 0.2) is 23.1 Å². The summed E-state index contributed by atoms with van der Waals surface area (Å²) >= 11 is 0. The number of nitrogens with zero attached hydrogens (tertiary/aromatic N) is 2. The molecule has 23 heavy (non-hydrogen) atoms. The van der Waals surface area contributed by atoms with Crippen LogP contribution >= 0.6 is 0 Å². The maximum atomic E-state index is 5.55. The van der Waals surface area contributed by atoms with Gasteiger partial charge in [0.2, 0.25) is 0 Å². The Kier molecular flexibility index (Phi) is 3.57. The Morgan fingerprint density at radius 1 is 1.04 bits per heavy atom. The van der Waals surface area contributed by atoms with Crippen LogP contribution < -0.4 is 0 Å². The summed E-state index contributed by atoms with van der Waals surface area (Å²) in [6.07, 6.45) is 8.88. The van der Waals surface area contributed by atoms with Crippen LogP contribution in [-0.4, -0.2) is 47.1 Å². The van der Waals surface area contributed by atoms with Crippen molar-refractivity contribution in [1.82, 2.24) is 9.80 Å². The lowest BCUT2D eigenvalue weighted by molar-refractivity contribution is 0.0484. The largest absolute Gasteiger partial charge is 0.495 e.